The zero-order valence-corrected chi connectivity index (χ0v) is 12.2. The summed E-state index contributed by atoms with van der Waals surface area (Å²) in [4.78, 5) is 35.8. The lowest BCUT2D eigenvalue weighted by Crippen LogP contribution is -2.42. The molecule has 2 amide bonds. The molecule has 7 nitrogen and oxygen atoms in total. The summed E-state index contributed by atoms with van der Waals surface area (Å²) in [5.74, 6) is -1.25. The third-order valence-electron chi connectivity index (χ3n) is 2.65. The van der Waals surface area contributed by atoms with Gasteiger partial charge in [-0.25, -0.2) is 4.79 Å². The molecule has 1 rings (SSSR count). The molecule has 0 aromatic heterocycles. The summed E-state index contributed by atoms with van der Waals surface area (Å²) in [6.07, 6.45) is 0. The van der Waals surface area contributed by atoms with E-state index in [2.05, 4.69) is 14.8 Å². The van der Waals surface area contributed by atoms with Crippen LogP contribution < -0.4 is 5.32 Å². The largest absolute Gasteiger partial charge is 0.468 e. The van der Waals surface area contributed by atoms with E-state index in [0.717, 1.165) is 10.5 Å². The molecule has 0 aliphatic rings. The Morgan fingerprint density at radius 3 is 2.14 bits per heavy atom. The SMILES string of the molecule is COC(=O)CN(CC(=O)OC)C(=O)Nc1cccc(C)c1. The van der Waals surface area contributed by atoms with Gasteiger partial charge < -0.3 is 19.7 Å². The van der Waals surface area contributed by atoms with Crippen LogP contribution in [0.15, 0.2) is 24.3 Å². The van der Waals surface area contributed by atoms with Crippen LogP contribution >= 0.6 is 0 Å². The number of ether oxygens (including phenoxy) is 2. The fourth-order valence-electron chi connectivity index (χ4n) is 1.57. The number of amides is 2. The highest BCUT2D eigenvalue weighted by atomic mass is 16.5. The average Bonchev–Trinajstić information content (AvgIpc) is 2.46. The minimum Gasteiger partial charge on any atom is -0.468 e. The van der Waals surface area contributed by atoms with E-state index in [1.807, 2.05) is 13.0 Å². The lowest BCUT2D eigenvalue weighted by molar-refractivity contribution is -0.144. The number of rotatable bonds is 5. The number of nitrogens with zero attached hydrogens (tertiary/aromatic N) is 1. The highest BCUT2D eigenvalue weighted by molar-refractivity contribution is 5.93. The van der Waals surface area contributed by atoms with Crippen molar-refractivity contribution < 1.29 is 23.9 Å². The van der Waals surface area contributed by atoms with Crippen LogP contribution in [0.3, 0.4) is 0 Å². The van der Waals surface area contributed by atoms with Crippen molar-refractivity contribution >= 4 is 23.7 Å². The molecule has 0 heterocycles. The van der Waals surface area contributed by atoms with E-state index in [1.165, 1.54) is 14.2 Å². The first-order chi connectivity index (χ1) is 9.96. The zero-order chi connectivity index (χ0) is 15.8. The van der Waals surface area contributed by atoms with Crippen LogP contribution in [0.4, 0.5) is 10.5 Å². The molecule has 114 valence electrons. The van der Waals surface area contributed by atoms with Crippen molar-refractivity contribution in [2.45, 2.75) is 6.92 Å². The number of methoxy groups -OCH3 is 2. The summed E-state index contributed by atoms with van der Waals surface area (Å²) < 4.78 is 9.01. The van der Waals surface area contributed by atoms with Crippen molar-refractivity contribution in [2.24, 2.45) is 0 Å². The van der Waals surface area contributed by atoms with Crippen molar-refractivity contribution in [2.75, 3.05) is 32.6 Å². The molecule has 0 atom stereocenters. The summed E-state index contributed by atoms with van der Waals surface area (Å²) in [6.45, 7) is 1.20. The Balaban J connectivity index is 2.78. The molecule has 1 aromatic carbocycles. The van der Waals surface area contributed by atoms with Gasteiger partial charge in [0.25, 0.3) is 0 Å². The van der Waals surface area contributed by atoms with Gasteiger partial charge in [0.15, 0.2) is 0 Å². The molecule has 1 aromatic rings. The average molecular weight is 294 g/mol. The Labute approximate surface area is 122 Å². The van der Waals surface area contributed by atoms with Gasteiger partial charge in [0.05, 0.1) is 14.2 Å². The van der Waals surface area contributed by atoms with E-state index in [9.17, 15) is 14.4 Å². The molecule has 0 saturated carbocycles. The number of carbonyl (C=O) groups is 3. The van der Waals surface area contributed by atoms with E-state index >= 15 is 0 Å². The molecule has 0 radical (unpaired) electrons. The molecule has 0 saturated heterocycles. The topological polar surface area (TPSA) is 84.9 Å². The van der Waals surface area contributed by atoms with Crippen molar-refractivity contribution in [3.63, 3.8) is 0 Å². The first-order valence-electron chi connectivity index (χ1n) is 6.22. The Hall–Kier alpha value is -2.57. The lowest BCUT2D eigenvalue weighted by atomic mass is 10.2. The number of carbonyl (C=O) groups excluding carboxylic acids is 3. The molecule has 0 aliphatic heterocycles. The van der Waals surface area contributed by atoms with Crippen molar-refractivity contribution in [1.82, 2.24) is 4.90 Å². The molecular formula is C14H18N2O5. The van der Waals surface area contributed by atoms with Gasteiger partial charge >= 0.3 is 18.0 Å². The molecule has 0 fully saturated rings. The van der Waals surface area contributed by atoms with Crippen LogP contribution in [0, 0.1) is 6.92 Å². The third-order valence-corrected chi connectivity index (χ3v) is 2.65. The summed E-state index contributed by atoms with van der Waals surface area (Å²) >= 11 is 0. The van der Waals surface area contributed by atoms with Crippen molar-refractivity contribution in [3.05, 3.63) is 29.8 Å². The van der Waals surface area contributed by atoms with E-state index in [4.69, 9.17) is 0 Å². The number of nitrogens with one attached hydrogen (secondary N) is 1. The summed E-state index contributed by atoms with van der Waals surface area (Å²) in [5.41, 5.74) is 1.54. The summed E-state index contributed by atoms with van der Waals surface area (Å²) in [6, 6.07) is 6.56. The summed E-state index contributed by atoms with van der Waals surface area (Å²) in [7, 11) is 2.41. The molecule has 0 aliphatic carbocycles. The minimum atomic E-state index is -0.627. The Morgan fingerprint density at radius 2 is 1.67 bits per heavy atom. The smallest absolute Gasteiger partial charge is 0.325 e. The number of urea groups is 1. The second-order valence-corrected chi connectivity index (χ2v) is 4.31. The monoisotopic (exact) mass is 294 g/mol. The van der Waals surface area contributed by atoms with Crippen LogP contribution in [0.25, 0.3) is 0 Å². The highest BCUT2D eigenvalue weighted by Crippen LogP contribution is 2.10. The second-order valence-electron chi connectivity index (χ2n) is 4.31. The number of hydrogen-bond donors (Lipinski definition) is 1. The first-order valence-corrected chi connectivity index (χ1v) is 6.22. The van der Waals surface area contributed by atoms with Crippen LogP contribution in [-0.4, -0.2) is 50.2 Å². The standard InChI is InChI=1S/C14H18N2O5/c1-10-5-4-6-11(7-10)15-14(19)16(8-12(17)20-2)9-13(18)21-3/h4-7H,8-9H2,1-3H3,(H,15,19). The molecule has 1 N–H and O–H groups in total. The van der Waals surface area contributed by atoms with Crippen molar-refractivity contribution in [3.8, 4) is 0 Å². The third kappa shape index (κ3) is 5.52. The van der Waals surface area contributed by atoms with Crippen LogP contribution in [0.2, 0.25) is 0 Å². The highest BCUT2D eigenvalue weighted by Gasteiger charge is 2.21. The lowest BCUT2D eigenvalue weighted by Gasteiger charge is -2.20. The molecule has 7 heteroatoms. The van der Waals surface area contributed by atoms with E-state index in [0.29, 0.717) is 5.69 Å². The Morgan fingerprint density at radius 1 is 1.10 bits per heavy atom. The van der Waals surface area contributed by atoms with Crippen LogP contribution in [-0.2, 0) is 19.1 Å². The molecule has 0 bridgehead atoms. The van der Waals surface area contributed by atoms with E-state index in [-0.39, 0.29) is 13.1 Å². The van der Waals surface area contributed by atoms with Gasteiger partial charge in [-0.05, 0) is 24.6 Å². The number of esters is 2. The molecule has 21 heavy (non-hydrogen) atoms. The van der Waals surface area contributed by atoms with Crippen LogP contribution in [0.1, 0.15) is 5.56 Å². The normalized spacial score (nSPS) is 9.67. The quantitative estimate of drug-likeness (QED) is 0.824. The van der Waals surface area contributed by atoms with Gasteiger partial charge in [0.2, 0.25) is 0 Å². The predicted octanol–water partition coefficient (Wildman–Crippen LogP) is 1.17. The minimum absolute atomic E-state index is 0.344. The van der Waals surface area contributed by atoms with E-state index < -0.39 is 18.0 Å². The predicted molar refractivity (Wildman–Crippen MR) is 75.8 cm³/mol. The fraction of sp³-hybridized carbons (Fsp3) is 0.357. The van der Waals surface area contributed by atoms with Gasteiger partial charge in [0.1, 0.15) is 13.1 Å². The number of aryl methyl sites for hydroxylation is 1. The van der Waals surface area contributed by atoms with Gasteiger partial charge in [0, 0.05) is 5.69 Å². The second kappa shape index (κ2) is 7.88. The maximum atomic E-state index is 12.1. The molecule has 0 spiro atoms. The fourth-order valence-corrected chi connectivity index (χ4v) is 1.57. The van der Waals surface area contributed by atoms with Crippen molar-refractivity contribution in [1.29, 1.82) is 0 Å². The summed E-state index contributed by atoms with van der Waals surface area (Å²) in [5, 5.41) is 2.61. The maximum absolute atomic E-state index is 12.1. The van der Waals surface area contributed by atoms with E-state index in [1.54, 1.807) is 18.2 Å². The molecular weight excluding hydrogens is 276 g/mol. The van der Waals surface area contributed by atoms with Gasteiger partial charge in [-0.1, -0.05) is 12.1 Å². The zero-order valence-electron chi connectivity index (χ0n) is 12.2. The molecule has 0 unspecified atom stereocenters. The van der Waals surface area contributed by atoms with Crippen LogP contribution in [0.5, 0.6) is 0 Å². The first kappa shape index (κ1) is 16.5. The number of benzene rings is 1. The van der Waals surface area contributed by atoms with Gasteiger partial charge in [-0.2, -0.15) is 0 Å². The van der Waals surface area contributed by atoms with Gasteiger partial charge in [-0.3, -0.25) is 9.59 Å². The number of hydrogen-bond acceptors (Lipinski definition) is 5. The Kier molecular flexibility index (Phi) is 6.19. The Bertz CT molecular complexity index is 512. The number of anilines is 1. The van der Waals surface area contributed by atoms with Gasteiger partial charge in [-0.15, -0.1) is 0 Å². The maximum Gasteiger partial charge on any atom is 0.325 e.